The molecule has 0 spiro atoms. The Morgan fingerprint density at radius 1 is 1.27 bits per heavy atom. The van der Waals surface area contributed by atoms with Crippen LogP contribution in [0.2, 0.25) is 5.02 Å². The van der Waals surface area contributed by atoms with Crippen molar-refractivity contribution in [3.8, 4) is 11.3 Å². The van der Waals surface area contributed by atoms with E-state index in [1.165, 1.54) is 0 Å². The fourth-order valence-electron chi connectivity index (χ4n) is 3.24. The van der Waals surface area contributed by atoms with Crippen LogP contribution in [-0.2, 0) is 0 Å². The summed E-state index contributed by atoms with van der Waals surface area (Å²) in [7, 11) is 0. The quantitative estimate of drug-likeness (QED) is 0.761. The molecule has 1 aliphatic carbocycles. The minimum Gasteiger partial charge on any atom is -0.347 e. The molecule has 6 nitrogen and oxygen atoms in total. The summed E-state index contributed by atoms with van der Waals surface area (Å²) in [5.41, 5.74) is 3.16. The molecule has 1 aliphatic rings. The number of fused-ring (bicyclic) bond motifs is 1. The van der Waals surface area contributed by atoms with Crippen LogP contribution in [0.1, 0.15) is 42.7 Å². The molecule has 3 aromatic heterocycles. The zero-order chi connectivity index (χ0) is 18.5. The summed E-state index contributed by atoms with van der Waals surface area (Å²) in [5, 5.41) is 8.01. The Morgan fingerprint density at radius 3 is 2.73 bits per heavy atom. The average Bonchev–Trinajstić information content (AvgIpc) is 3.35. The summed E-state index contributed by atoms with van der Waals surface area (Å²) in [6.07, 6.45) is 7.18. The number of amides is 1. The molecule has 3 aromatic rings. The van der Waals surface area contributed by atoms with E-state index in [9.17, 15) is 4.79 Å². The smallest absolute Gasteiger partial charge is 0.257 e. The Morgan fingerprint density at radius 2 is 2.04 bits per heavy atom. The van der Waals surface area contributed by atoms with Gasteiger partial charge < -0.3 is 5.32 Å². The highest BCUT2D eigenvalue weighted by Crippen LogP contribution is 2.39. The first-order valence-electron chi connectivity index (χ1n) is 8.64. The van der Waals surface area contributed by atoms with E-state index in [0.29, 0.717) is 27.8 Å². The number of halogens is 1. The molecule has 0 saturated heterocycles. The van der Waals surface area contributed by atoms with Crippen molar-refractivity contribution in [2.45, 2.75) is 39.2 Å². The number of rotatable bonds is 4. The number of pyridine rings is 1. The van der Waals surface area contributed by atoms with Gasteiger partial charge in [0.1, 0.15) is 5.56 Å². The van der Waals surface area contributed by atoms with Crippen LogP contribution < -0.4 is 5.32 Å². The largest absolute Gasteiger partial charge is 0.347 e. The molecule has 1 N–H and O–H groups in total. The van der Waals surface area contributed by atoms with Crippen LogP contribution >= 0.6 is 11.6 Å². The zero-order valence-corrected chi connectivity index (χ0v) is 15.7. The number of hydrogen-bond acceptors (Lipinski definition) is 4. The van der Waals surface area contributed by atoms with Crippen LogP contribution in [0, 0.1) is 12.8 Å². The lowest BCUT2D eigenvalue weighted by Crippen LogP contribution is -2.45. The molecule has 1 amide bonds. The third-order valence-corrected chi connectivity index (χ3v) is 5.14. The second-order valence-corrected chi connectivity index (χ2v) is 7.85. The van der Waals surface area contributed by atoms with Crippen molar-refractivity contribution < 1.29 is 4.79 Å². The maximum atomic E-state index is 12.8. The van der Waals surface area contributed by atoms with Crippen molar-refractivity contribution in [2.24, 2.45) is 5.92 Å². The molecule has 0 atom stereocenters. The van der Waals surface area contributed by atoms with Crippen LogP contribution in [0.15, 0.2) is 30.7 Å². The van der Waals surface area contributed by atoms with Gasteiger partial charge in [-0.3, -0.25) is 9.78 Å². The van der Waals surface area contributed by atoms with Crippen LogP contribution in [0.4, 0.5) is 0 Å². The number of hydrogen-bond donors (Lipinski definition) is 1. The number of aromatic nitrogens is 4. The first-order chi connectivity index (χ1) is 12.3. The number of nitrogens with one attached hydrogen (secondary N) is 1. The molecule has 0 unspecified atom stereocenters. The number of carbonyl (C=O) groups excluding carboxylic acids is 1. The fraction of sp³-hybridized carbons (Fsp3) is 0.368. The highest BCUT2D eigenvalue weighted by Gasteiger charge is 2.39. The van der Waals surface area contributed by atoms with E-state index in [-0.39, 0.29) is 11.4 Å². The SMILES string of the molecule is Cc1cc(-c2cncc(Cl)c2)nc2c(C(=O)NC(C)(C)C3CC3)cnn12. The lowest BCUT2D eigenvalue weighted by atomic mass is 9.98. The lowest BCUT2D eigenvalue weighted by molar-refractivity contribution is 0.0905. The zero-order valence-electron chi connectivity index (χ0n) is 15.0. The lowest BCUT2D eigenvalue weighted by Gasteiger charge is -2.25. The number of aryl methyl sites for hydroxylation is 1. The van der Waals surface area contributed by atoms with Gasteiger partial charge in [-0.15, -0.1) is 0 Å². The molecule has 7 heteroatoms. The Labute approximate surface area is 156 Å². The van der Waals surface area contributed by atoms with Crippen molar-refractivity contribution in [1.82, 2.24) is 24.9 Å². The summed E-state index contributed by atoms with van der Waals surface area (Å²) >= 11 is 6.05. The van der Waals surface area contributed by atoms with E-state index in [4.69, 9.17) is 11.6 Å². The van der Waals surface area contributed by atoms with Crippen molar-refractivity contribution in [2.75, 3.05) is 0 Å². The van der Waals surface area contributed by atoms with Gasteiger partial charge in [0.05, 0.1) is 16.9 Å². The first-order valence-corrected chi connectivity index (χ1v) is 9.02. The van der Waals surface area contributed by atoms with Gasteiger partial charge in [-0.05, 0) is 51.7 Å². The average molecular weight is 370 g/mol. The Hall–Kier alpha value is -2.47. The number of carbonyl (C=O) groups is 1. The molecule has 26 heavy (non-hydrogen) atoms. The minimum absolute atomic E-state index is 0.148. The maximum absolute atomic E-state index is 12.8. The summed E-state index contributed by atoms with van der Waals surface area (Å²) in [6, 6.07) is 3.71. The fourth-order valence-corrected chi connectivity index (χ4v) is 3.41. The van der Waals surface area contributed by atoms with Crippen molar-refractivity contribution in [3.05, 3.63) is 47.0 Å². The first kappa shape index (κ1) is 17.0. The Balaban J connectivity index is 1.75. The summed E-state index contributed by atoms with van der Waals surface area (Å²) < 4.78 is 1.68. The normalized spacial score (nSPS) is 14.6. The molecule has 0 aromatic carbocycles. The van der Waals surface area contributed by atoms with Crippen LogP contribution in [0.5, 0.6) is 0 Å². The van der Waals surface area contributed by atoms with Gasteiger partial charge in [-0.2, -0.15) is 5.10 Å². The van der Waals surface area contributed by atoms with Crippen LogP contribution in [0.3, 0.4) is 0 Å². The minimum atomic E-state index is -0.227. The molecule has 0 bridgehead atoms. The van der Waals surface area contributed by atoms with Gasteiger partial charge in [0.2, 0.25) is 0 Å². The highest BCUT2D eigenvalue weighted by atomic mass is 35.5. The van der Waals surface area contributed by atoms with Crippen molar-refractivity contribution in [3.63, 3.8) is 0 Å². The standard InChI is InChI=1S/C19H20ClN5O/c1-11-6-16(12-7-14(20)9-21-8-12)23-17-15(10-22-25(11)17)18(26)24-19(2,3)13-4-5-13/h6-10,13H,4-5H2,1-3H3,(H,24,26). The Kier molecular flexibility index (Phi) is 3.95. The predicted molar refractivity (Wildman–Crippen MR) is 100 cm³/mol. The van der Waals surface area contributed by atoms with E-state index in [1.54, 1.807) is 29.2 Å². The molecule has 0 aliphatic heterocycles. The summed E-state index contributed by atoms with van der Waals surface area (Å²) in [6.45, 7) is 6.06. The molecule has 4 rings (SSSR count). The van der Waals surface area contributed by atoms with Crippen LogP contribution in [0.25, 0.3) is 16.9 Å². The van der Waals surface area contributed by atoms with Crippen molar-refractivity contribution in [1.29, 1.82) is 0 Å². The van der Waals surface area contributed by atoms with Gasteiger partial charge in [0.15, 0.2) is 5.65 Å². The molecular formula is C19H20ClN5O. The molecule has 134 valence electrons. The van der Waals surface area contributed by atoms with Gasteiger partial charge in [0, 0.05) is 29.2 Å². The second-order valence-electron chi connectivity index (χ2n) is 7.42. The maximum Gasteiger partial charge on any atom is 0.257 e. The molecule has 3 heterocycles. The molecule has 1 saturated carbocycles. The summed E-state index contributed by atoms with van der Waals surface area (Å²) in [5.74, 6) is 0.390. The topological polar surface area (TPSA) is 72.2 Å². The van der Waals surface area contributed by atoms with Gasteiger partial charge in [0.25, 0.3) is 5.91 Å². The molecular weight excluding hydrogens is 350 g/mol. The van der Waals surface area contributed by atoms with E-state index in [0.717, 1.165) is 24.1 Å². The monoisotopic (exact) mass is 369 g/mol. The van der Waals surface area contributed by atoms with Crippen LogP contribution in [-0.4, -0.2) is 31.0 Å². The van der Waals surface area contributed by atoms with Crippen molar-refractivity contribution >= 4 is 23.2 Å². The second kappa shape index (κ2) is 6.06. The molecule has 1 fully saturated rings. The van der Waals surface area contributed by atoms with E-state index in [1.807, 2.05) is 13.0 Å². The van der Waals surface area contributed by atoms with Gasteiger partial charge >= 0.3 is 0 Å². The van der Waals surface area contributed by atoms with E-state index in [2.05, 4.69) is 34.2 Å². The highest BCUT2D eigenvalue weighted by molar-refractivity contribution is 6.30. The summed E-state index contributed by atoms with van der Waals surface area (Å²) in [4.78, 5) is 21.6. The Bertz CT molecular complexity index is 1010. The van der Waals surface area contributed by atoms with E-state index >= 15 is 0 Å². The third-order valence-electron chi connectivity index (χ3n) is 4.93. The van der Waals surface area contributed by atoms with E-state index < -0.39 is 0 Å². The van der Waals surface area contributed by atoms with Gasteiger partial charge in [-0.25, -0.2) is 9.50 Å². The molecule has 0 radical (unpaired) electrons. The van der Waals surface area contributed by atoms with Gasteiger partial charge in [-0.1, -0.05) is 11.6 Å². The number of nitrogens with zero attached hydrogens (tertiary/aromatic N) is 4. The third kappa shape index (κ3) is 3.05. The predicted octanol–water partition coefficient (Wildman–Crippen LogP) is 3.67.